The minimum Gasteiger partial charge on any atom is -0.508 e. The number of aromatic hydroxyl groups is 1. The van der Waals surface area contributed by atoms with Crippen LogP contribution in [0.2, 0.25) is 0 Å². The Bertz CT molecular complexity index is 433. The van der Waals surface area contributed by atoms with E-state index in [-0.39, 0.29) is 18.4 Å². The average molecular weight is 237 g/mol. The standard InChI is InChI=1S/C12H15NO4/c1-3-10-12(15)13(7-16-2)9-5-4-8(14)6-11(9)17-10/h4-6,10,14H,3,7H2,1-2H3. The van der Waals surface area contributed by atoms with E-state index in [0.717, 1.165) is 0 Å². The van der Waals surface area contributed by atoms with Gasteiger partial charge in [-0.3, -0.25) is 9.69 Å². The van der Waals surface area contributed by atoms with Crippen LogP contribution in [-0.2, 0) is 9.53 Å². The molecule has 1 aromatic rings. The van der Waals surface area contributed by atoms with Gasteiger partial charge < -0.3 is 14.6 Å². The second-order valence-electron chi connectivity index (χ2n) is 3.85. The fourth-order valence-corrected chi connectivity index (χ4v) is 1.84. The van der Waals surface area contributed by atoms with Crippen molar-refractivity contribution in [3.8, 4) is 11.5 Å². The molecule has 0 aromatic heterocycles. The number of phenolic OH excluding ortho intramolecular Hbond substituents is 1. The van der Waals surface area contributed by atoms with Gasteiger partial charge in [-0.25, -0.2) is 0 Å². The van der Waals surface area contributed by atoms with Crippen LogP contribution in [0.1, 0.15) is 13.3 Å². The highest BCUT2D eigenvalue weighted by Gasteiger charge is 2.33. The molecule has 1 aliphatic rings. The molecule has 1 atom stereocenters. The Morgan fingerprint density at radius 3 is 2.94 bits per heavy atom. The lowest BCUT2D eigenvalue weighted by atomic mass is 10.1. The van der Waals surface area contributed by atoms with Gasteiger partial charge in [0, 0.05) is 13.2 Å². The molecule has 0 saturated heterocycles. The summed E-state index contributed by atoms with van der Waals surface area (Å²) in [6.45, 7) is 2.05. The molecular weight excluding hydrogens is 222 g/mol. The fourth-order valence-electron chi connectivity index (χ4n) is 1.84. The summed E-state index contributed by atoms with van der Waals surface area (Å²) in [6.07, 6.45) is 0.0631. The SMILES string of the molecule is CCC1Oc2cc(O)ccc2N(COC)C1=O. The molecule has 17 heavy (non-hydrogen) atoms. The van der Waals surface area contributed by atoms with E-state index < -0.39 is 6.10 Å². The number of benzene rings is 1. The van der Waals surface area contributed by atoms with Gasteiger partial charge in [0.25, 0.3) is 5.91 Å². The molecule has 0 fully saturated rings. The van der Waals surface area contributed by atoms with Crippen LogP contribution in [0.25, 0.3) is 0 Å². The number of methoxy groups -OCH3 is 1. The van der Waals surface area contributed by atoms with Crippen LogP contribution in [0.15, 0.2) is 18.2 Å². The molecule has 0 aliphatic carbocycles. The third-order valence-electron chi connectivity index (χ3n) is 2.67. The quantitative estimate of drug-likeness (QED) is 0.865. The van der Waals surface area contributed by atoms with Crippen LogP contribution >= 0.6 is 0 Å². The van der Waals surface area contributed by atoms with Crippen molar-refractivity contribution in [1.82, 2.24) is 0 Å². The van der Waals surface area contributed by atoms with Crippen LogP contribution < -0.4 is 9.64 Å². The molecule has 0 bridgehead atoms. The summed E-state index contributed by atoms with van der Waals surface area (Å²) >= 11 is 0. The third-order valence-corrected chi connectivity index (χ3v) is 2.67. The molecule has 0 saturated carbocycles. The highest BCUT2D eigenvalue weighted by molar-refractivity contribution is 5.99. The normalized spacial score (nSPS) is 18.8. The molecule has 1 N–H and O–H groups in total. The molecule has 1 amide bonds. The largest absolute Gasteiger partial charge is 0.508 e. The Hall–Kier alpha value is -1.75. The van der Waals surface area contributed by atoms with Crippen LogP contribution in [0.5, 0.6) is 11.5 Å². The second-order valence-corrected chi connectivity index (χ2v) is 3.85. The smallest absolute Gasteiger partial charge is 0.270 e. The number of nitrogens with zero attached hydrogens (tertiary/aromatic N) is 1. The van der Waals surface area contributed by atoms with Crippen LogP contribution in [0, 0.1) is 0 Å². The van der Waals surface area contributed by atoms with Crippen molar-refractivity contribution in [2.45, 2.75) is 19.4 Å². The first-order chi connectivity index (χ1) is 8.17. The number of amides is 1. The fraction of sp³-hybridized carbons (Fsp3) is 0.417. The molecule has 92 valence electrons. The predicted octanol–water partition coefficient (Wildman–Crippen LogP) is 1.50. The van der Waals surface area contributed by atoms with Crippen molar-refractivity contribution in [2.24, 2.45) is 0 Å². The van der Waals surface area contributed by atoms with Gasteiger partial charge in [0.1, 0.15) is 18.2 Å². The maximum absolute atomic E-state index is 12.1. The van der Waals surface area contributed by atoms with Gasteiger partial charge in [0.05, 0.1) is 5.69 Å². The van der Waals surface area contributed by atoms with Gasteiger partial charge in [-0.15, -0.1) is 0 Å². The molecule has 1 heterocycles. The number of carbonyl (C=O) groups excluding carboxylic acids is 1. The minimum atomic E-state index is -0.514. The molecule has 2 rings (SSSR count). The Morgan fingerprint density at radius 2 is 2.29 bits per heavy atom. The third kappa shape index (κ3) is 2.06. The Morgan fingerprint density at radius 1 is 1.53 bits per heavy atom. The molecular formula is C12H15NO4. The number of rotatable bonds is 3. The lowest BCUT2D eigenvalue weighted by Crippen LogP contribution is -2.46. The maximum Gasteiger partial charge on any atom is 0.270 e. The minimum absolute atomic E-state index is 0.116. The number of ether oxygens (including phenoxy) is 2. The summed E-state index contributed by atoms with van der Waals surface area (Å²) in [5.74, 6) is 0.506. The van der Waals surface area contributed by atoms with Crippen molar-refractivity contribution in [3.63, 3.8) is 0 Å². The van der Waals surface area contributed by atoms with Gasteiger partial charge in [0.2, 0.25) is 0 Å². The summed E-state index contributed by atoms with van der Waals surface area (Å²) < 4.78 is 10.6. The van der Waals surface area contributed by atoms with Crippen molar-refractivity contribution in [1.29, 1.82) is 0 Å². The molecule has 5 heteroatoms. The highest BCUT2D eigenvalue weighted by Crippen LogP contribution is 2.37. The van der Waals surface area contributed by atoms with E-state index in [9.17, 15) is 9.90 Å². The van der Waals surface area contributed by atoms with Crippen LogP contribution in [-0.4, -0.2) is 31.0 Å². The van der Waals surface area contributed by atoms with E-state index >= 15 is 0 Å². The number of anilines is 1. The molecule has 1 aliphatic heterocycles. The molecule has 5 nitrogen and oxygen atoms in total. The van der Waals surface area contributed by atoms with Crippen molar-refractivity contribution >= 4 is 11.6 Å². The van der Waals surface area contributed by atoms with Gasteiger partial charge >= 0.3 is 0 Å². The zero-order valence-electron chi connectivity index (χ0n) is 9.84. The van der Waals surface area contributed by atoms with E-state index in [2.05, 4.69) is 0 Å². The van der Waals surface area contributed by atoms with Crippen LogP contribution in [0.3, 0.4) is 0 Å². The lowest BCUT2D eigenvalue weighted by molar-refractivity contribution is -0.127. The Kier molecular flexibility index (Phi) is 3.19. The van der Waals surface area contributed by atoms with E-state index in [1.807, 2.05) is 6.92 Å². The monoisotopic (exact) mass is 237 g/mol. The number of carbonyl (C=O) groups is 1. The van der Waals surface area contributed by atoms with E-state index in [1.54, 1.807) is 6.07 Å². The van der Waals surface area contributed by atoms with E-state index in [0.29, 0.717) is 17.9 Å². The number of fused-ring (bicyclic) bond motifs is 1. The van der Waals surface area contributed by atoms with Gasteiger partial charge in [-0.2, -0.15) is 0 Å². The van der Waals surface area contributed by atoms with Crippen LogP contribution in [0.4, 0.5) is 5.69 Å². The number of hydrogen-bond donors (Lipinski definition) is 1. The first-order valence-corrected chi connectivity index (χ1v) is 5.47. The molecule has 1 unspecified atom stereocenters. The van der Waals surface area contributed by atoms with Gasteiger partial charge in [-0.1, -0.05) is 6.92 Å². The maximum atomic E-state index is 12.1. The van der Waals surface area contributed by atoms with Crippen molar-refractivity contribution < 1.29 is 19.4 Å². The van der Waals surface area contributed by atoms with Crippen molar-refractivity contribution in [3.05, 3.63) is 18.2 Å². The topological polar surface area (TPSA) is 59.0 Å². The molecule has 0 radical (unpaired) electrons. The van der Waals surface area contributed by atoms with Gasteiger partial charge in [-0.05, 0) is 18.6 Å². The summed E-state index contributed by atoms with van der Waals surface area (Å²) in [5.41, 5.74) is 0.624. The zero-order chi connectivity index (χ0) is 12.4. The Labute approximate surface area is 99.6 Å². The first kappa shape index (κ1) is 11.7. The number of phenols is 1. The zero-order valence-corrected chi connectivity index (χ0v) is 9.84. The van der Waals surface area contributed by atoms with E-state index in [1.165, 1.54) is 24.1 Å². The highest BCUT2D eigenvalue weighted by atomic mass is 16.5. The summed E-state index contributed by atoms with van der Waals surface area (Å²) in [6, 6.07) is 4.67. The summed E-state index contributed by atoms with van der Waals surface area (Å²) in [7, 11) is 1.53. The van der Waals surface area contributed by atoms with E-state index in [4.69, 9.17) is 9.47 Å². The summed E-state index contributed by atoms with van der Waals surface area (Å²) in [4.78, 5) is 13.6. The molecule has 0 spiro atoms. The van der Waals surface area contributed by atoms with Crippen molar-refractivity contribution in [2.75, 3.05) is 18.7 Å². The van der Waals surface area contributed by atoms with Gasteiger partial charge in [0.15, 0.2) is 6.10 Å². The molecule has 1 aromatic carbocycles. The first-order valence-electron chi connectivity index (χ1n) is 5.47. The summed E-state index contributed by atoms with van der Waals surface area (Å²) in [5, 5.41) is 9.41. The second kappa shape index (κ2) is 4.63. The average Bonchev–Trinajstić information content (AvgIpc) is 2.32. The lowest BCUT2D eigenvalue weighted by Gasteiger charge is -2.33. The predicted molar refractivity (Wildman–Crippen MR) is 62.2 cm³/mol. The Balaban J connectivity index is 2.42. The number of hydrogen-bond acceptors (Lipinski definition) is 4.